The minimum absolute atomic E-state index is 0.0724. The van der Waals surface area contributed by atoms with Crippen LogP contribution in [0.4, 0.5) is 0 Å². The van der Waals surface area contributed by atoms with Crippen molar-refractivity contribution >= 4 is 21.7 Å². The highest BCUT2D eigenvalue weighted by atomic mass is 79.9. The molecule has 0 radical (unpaired) electrons. The van der Waals surface area contributed by atoms with Gasteiger partial charge in [0, 0.05) is 10.0 Å². The minimum atomic E-state index is 0.0724. The van der Waals surface area contributed by atoms with Crippen LogP contribution in [0.2, 0.25) is 0 Å². The van der Waals surface area contributed by atoms with Gasteiger partial charge < -0.3 is 0 Å². The summed E-state index contributed by atoms with van der Waals surface area (Å²) in [6.07, 6.45) is 4.54. The molecule has 0 bridgehead atoms. The predicted octanol–water partition coefficient (Wildman–Crippen LogP) is 4.23. The first-order valence-corrected chi connectivity index (χ1v) is 5.85. The first-order chi connectivity index (χ1) is 7.09. The van der Waals surface area contributed by atoms with Crippen molar-refractivity contribution in [2.75, 3.05) is 0 Å². The molecule has 0 heterocycles. The fourth-order valence-electron chi connectivity index (χ4n) is 1.16. The van der Waals surface area contributed by atoms with Crippen LogP contribution in [-0.4, -0.2) is 5.78 Å². The minimum Gasteiger partial charge on any atom is -0.289 e. The second-order valence-electron chi connectivity index (χ2n) is 3.90. The highest BCUT2D eigenvalue weighted by molar-refractivity contribution is 9.10. The van der Waals surface area contributed by atoms with Crippen LogP contribution >= 0.6 is 15.9 Å². The van der Waals surface area contributed by atoms with E-state index < -0.39 is 0 Å². The summed E-state index contributed by atoms with van der Waals surface area (Å²) in [6.45, 7) is 4.27. The zero-order valence-corrected chi connectivity index (χ0v) is 10.6. The Morgan fingerprint density at radius 2 is 1.93 bits per heavy atom. The van der Waals surface area contributed by atoms with Gasteiger partial charge >= 0.3 is 0 Å². The molecule has 2 heteroatoms. The van der Waals surface area contributed by atoms with Gasteiger partial charge in [-0.1, -0.05) is 35.9 Å². The number of carbonyl (C=O) groups is 1. The Morgan fingerprint density at radius 1 is 1.33 bits per heavy atom. The van der Waals surface area contributed by atoms with E-state index in [2.05, 4.69) is 29.8 Å². The van der Waals surface area contributed by atoms with E-state index in [4.69, 9.17) is 0 Å². The smallest absolute Gasteiger partial charge is 0.185 e. The maximum Gasteiger partial charge on any atom is 0.185 e. The molecule has 0 aliphatic carbocycles. The van der Waals surface area contributed by atoms with Crippen molar-refractivity contribution in [1.29, 1.82) is 0 Å². The Bertz CT molecular complexity index is 349. The van der Waals surface area contributed by atoms with Gasteiger partial charge in [0.25, 0.3) is 0 Å². The molecule has 0 saturated heterocycles. The standard InChI is InChI=1S/C13H15BrO/c1-10(2)4-3-5-13(15)11-6-8-12(14)9-7-11/h3,5-10H,4H2,1-2H3/b5-3+. The Balaban J connectivity index is 2.61. The van der Waals surface area contributed by atoms with Crippen LogP contribution in [0.25, 0.3) is 0 Å². The molecule has 0 N–H and O–H groups in total. The van der Waals surface area contributed by atoms with Crippen LogP contribution in [-0.2, 0) is 0 Å². The number of benzene rings is 1. The van der Waals surface area contributed by atoms with E-state index in [0.29, 0.717) is 5.92 Å². The van der Waals surface area contributed by atoms with Crippen LogP contribution in [0.5, 0.6) is 0 Å². The molecule has 1 aromatic carbocycles. The van der Waals surface area contributed by atoms with Gasteiger partial charge in [-0.3, -0.25) is 4.79 Å². The van der Waals surface area contributed by atoms with Crippen molar-refractivity contribution < 1.29 is 4.79 Å². The highest BCUT2D eigenvalue weighted by Crippen LogP contribution is 2.11. The molecule has 0 spiro atoms. The predicted molar refractivity (Wildman–Crippen MR) is 67.1 cm³/mol. The summed E-state index contributed by atoms with van der Waals surface area (Å²) in [7, 11) is 0. The topological polar surface area (TPSA) is 17.1 Å². The lowest BCUT2D eigenvalue weighted by atomic mass is 10.1. The van der Waals surface area contributed by atoms with Crippen molar-refractivity contribution in [1.82, 2.24) is 0 Å². The van der Waals surface area contributed by atoms with Gasteiger partial charge in [0.05, 0.1) is 0 Å². The van der Waals surface area contributed by atoms with Crippen molar-refractivity contribution in [2.24, 2.45) is 5.92 Å². The van der Waals surface area contributed by atoms with Crippen LogP contribution < -0.4 is 0 Å². The number of hydrogen-bond donors (Lipinski definition) is 0. The van der Waals surface area contributed by atoms with Gasteiger partial charge in [-0.15, -0.1) is 0 Å². The second-order valence-corrected chi connectivity index (χ2v) is 4.82. The van der Waals surface area contributed by atoms with E-state index in [1.54, 1.807) is 6.08 Å². The molecule has 0 atom stereocenters. The number of hydrogen-bond acceptors (Lipinski definition) is 1. The summed E-state index contributed by atoms with van der Waals surface area (Å²) in [6, 6.07) is 7.41. The molecule has 1 aromatic rings. The van der Waals surface area contributed by atoms with Crippen molar-refractivity contribution in [2.45, 2.75) is 20.3 Å². The summed E-state index contributed by atoms with van der Waals surface area (Å²) < 4.78 is 0.991. The Hall–Kier alpha value is -0.890. The van der Waals surface area contributed by atoms with Gasteiger partial charge in [-0.25, -0.2) is 0 Å². The van der Waals surface area contributed by atoms with Crippen LogP contribution in [0.15, 0.2) is 40.9 Å². The lowest BCUT2D eigenvalue weighted by Crippen LogP contribution is -1.93. The molecule has 15 heavy (non-hydrogen) atoms. The summed E-state index contributed by atoms with van der Waals surface area (Å²) in [4.78, 5) is 11.6. The van der Waals surface area contributed by atoms with Gasteiger partial charge in [-0.05, 0) is 42.7 Å². The average Bonchev–Trinajstić information content (AvgIpc) is 2.18. The average molecular weight is 267 g/mol. The van der Waals surface area contributed by atoms with Gasteiger partial charge in [0.15, 0.2) is 5.78 Å². The third-order valence-electron chi connectivity index (χ3n) is 2.01. The first-order valence-electron chi connectivity index (χ1n) is 5.06. The largest absolute Gasteiger partial charge is 0.289 e. The summed E-state index contributed by atoms with van der Waals surface area (Å²) in [5.74, 6) is 0.669. The maximum atomic E-state index is 11.6. The lowest BCUT2D eigenvalue weighted by Gasteiger charge is -1.98. The van der Waals surface area contributed by atoms with Crippen molar-refractivity contribution in [3.63, 3.8) is 0 Å². The Labute approximate surface area is 99.3 Å². The quantitative estimate of drug-likeness (QED) is 0.589. The Kier molecular flexibility index (Phi) is 4.76. The molecule has 0 aliphatic rings. The molecule has 80 valence electrons. The molecule has 0 fully saturated rings. The van der Waals surface area contributed by atoms with E-state index in [-0.39, 0.29) is 5.78 Å². The van der Waals surface area contributed by atoms with E-state index in [9.17, 15) is 4.79 Å². The van der Waals surface area contributed by atoms with Crippen LogP contribution in [0.3, 0.4) is 0 Å². The number of ketones is 1. The zero-order chi connectivity index (χ0) is 11.3. The van der Waals surface area contributed by atoms with Crippen molar-refractivity contribution in [3.8, 4) is 0 Å². The third-order valence-corrected chi connectivity index (χ3v) is 2.53. The first kappa shape index (κ1) is 12.2. The molecule has 1 rings (SSSR count). The summed E-state index contributed by atoms with van der Waals surface area (Å²) in [5.41, 5.74) is 0.734. The molecule has 0 saturated carbocycles. The molecular weight excluding hydrogens is 252 g/mol. The number of rotatable bonds is 4. The fraction of sp³-hybridized carbons (Fsp3) is 0.308. The lowest BCUT2D eigenvalue weighted by molar-refractivity contribution is 0.104. The second kappa shape index (κ2) is 5.86. The van der Waals surface area contributed by atoms with Crippen LogP contribution in [0, 0.1) is 5.92 Å². The van der Waals surface area contributed by atoms with Crippen LogP contribution in [0.1, 0.15) is 30.6 Å². The molecule has 0 amide bonds. The highest BCUT2D eigenvalue weighted by Gasteiger charge is 2.00. The van der Waals surface area contributed by atoms with Crippen molar-refractivity contribution in [3.05, 3.63) is 46.5 Å². The third kappa shape index (κ3) is 4.43. The monoisotopic (exact) mass is 266 g/mol. The normalized spacial score (nSPS) is 11.2. The molecular formula is C13H15BrO. The van der Waals surface area contributed by atoms with E-state index in [1.807, 2.05) is 30.3 Å². The summed E-state index contributed by atoms with van der Waals surface area (Å²) in [5, 5.41) is 0. The van der Waals surface area contributed by atoms with Gasteiger partial charge in [0.1, 0.15) is 0 Å². The SMILES string of the molecule is CC(C)C/C=C/C(=O)c1ccc(Br)cc1. The molecule has 0 aromatic heterocycles. The number of carbonyl (C=O) groups excluding carboxylic acids is 1. The van der Waals surface area contributed by atoms with Gasteiger partial charge in [0.2, 0.25) is 0 Å². The molecule has 0 unspecified atom stereocenters. The summed E-state index contributed by atoms with van der Waals surface area (Å²) >= 11 is 3.34. The molecule has 0 aliphatic heterocycles. The molecule has 1 nitrogen and oxygen atoms in total. The Morgan fingerprint density at radius 3 is 2.47 bits per heavy atom. The maximum absolute atomic E-state index is 11.6. The zero-order valence-electron chi connectivity index (χ0n) is 9.03. The van der Waals surface area contributed by atoms with E-state index >= 15 is 0 Å². The fourth-order valence-corrected chi connectivity index (χ4v) is 1.42. The van der Waals surface area contributed by atoms with E-state index in [0.717, 1.165) is 16.5 Å². The van der Waals surface area contributed by atoms with Gasteiger partial charge in [-0.2, -0.15) is 0 Å². The number of allylic oxidation sites excluding steroid dienone is 2. The number of halogens is 1. The van der Waals surface area contributed by atoms with E-state index in [1.165, 1.54) is 0 Å².